The number of esters is 1. The van der Waals surface area contributed by atoms with E-state index in [0.29, 0.717) is 24.6 Å². The maximum atomic E-state index is 13.9. The number of hydrogen-bond acceptors (Lipinski definition) is 8. The van der Waals surface area contributed by atoms with Crippen LogP contribution in [0.15, 0.2) is 78.4 Å². The summed E-state index contributed by atoms with van der Waals surface area (Å²) >= 11 is 0. The Labute approximate surface area is 313 Å². The summed E-state index contributed by atoms with van der Waals surface area (Å²) in [7, 11) is 1.50. The number of rotatable bonds is 5. The van der Waals surface area contributed by atoms with Crippen LogP contribution in [0.2, 0.25) is 0 Å². The third kappa shape index (κ3) is 9.67. The summed E-state index contributed by atoms with van der Waals surface area (Å²) < 4.78 is 11.2. The van der Waals surface area contributed by atoms with E-state index in [9.17, 15) is 19.8 Å². The van der Waals surface area contributed by atoms with Crippen LogP contribution in [-0.4, -0.2) is 52.2 Å². The topological polar surface area (TPSA) is 133 Å². The van der Waals surface area contributed by atoms with E-state index in [1.54, 1.807) is 24.3 Å². The zero-order valence-electron chi connectivity index (χ0n) is 31.2. The van der Waals surface area contributed by atoms with Gasteiger partial charge in [-0.05, 0) is 115 Å². The minimum Gasteiger partial charge on any atom is -0.508 e. The Morgan fingerprint density at radius 2 is 1.77 bits per heavy atom. The average Bonchev–Trinajstić information content (AvgIpc) is 3.79. The smallest absolute Gasteiger partial charge is 0.302 e. The molecule has 3 aromatic rings. The zero-order chi connectivity index (χ0) is 37.4. The maximum absolute atomic E-state index is 13.9. The third-order valence-corrected chi connectivity index (χ3v) is 11.1. The molecule has 3 aliphatic rings. The summed E-state index contributed by atoms with van der Waals surface area (Å²) in [6.07, 6.45) is 16.0. The highest BCUT2D eigenvalue weighted by molar-refractivity contribution is 5.81. The van der Waals surface area contributed by atoms with Gasteiger partial charge in [0, 0.05) is 44.6 Å². The fraction of sp³-hybridized carbons (Fsp3) is 0.455. The number of phenolic OH excluding ortho intramolecular Hbond substituents is 2. The largest absolute Gasteiger partial charge is 0.508 e. The summed E-state index contributed by atoms with van der Waals surface area (Å²) in [6, 6.07) is 12.7. The van der Waals surface area contributed by atoms with Gasteiger partial charge in [0.15, 0.2) is 11.5 Å². The lowest BCUT2D eigenvalue weighted by molar-refractivity contribution is -0.148. The summed E-state index contributed by atoms with van der Waals surface area (Å²) in [5, 5.41) is 28.3. The molecule has 9 heteroatoms. The van der Waals surface area contributed by atoms with E-state index in [4.69, 9.17) is 9.47 Å². The number of ether oxygens (including phenoxy) is 2. The lowest BCUT2D eigenvalue weighted by atomic mass is 9.82. The molecule has 5 N–H and O–H groups in total. The quantitative estimate of drug-likeness (QED) is 0.136. The van der Waals surface area contributed by atoms with Gasteiger partial charge in [-0.2, -0.15) is 0 Å². The molecule has 9 nitrogen and oxygen atoms in total. The standard InChI is InChI=1S/C44H53N3O6/c1-4-30-10-12-39(53-29(2)48)26-38(50)21-32(31-11-13-41(51)42(24-31)52-3)14-18-44(16-5-6-17-44)47-43-25-34(15-19-46-43)40(33-8-7-9-37(49)22-33)23-36-28-45-27-35(36)20-30/h7-9,11,13,15,22,24-25,27-28,30,32,39-40,45-47,49,51H,4-6,10,12,16-17,19-21,23,26H2,1-3H3/t30-,32-,39+,40+/m0/s1. The first-order valence-electron chi connectivity index (χ1n) is 19.1. The van der Waals surface area contributed by atoms with Crippen molar-refractivity contribution in [1.82, 2.24) is 15.6 Å². The van der Waals surface area contributed by atoms with Crippen molar-refractivity contribution in [2.45, 2.75) is 108 Å². The minimum absolute atomic E-state index is 0.0000477. The van der Waals surface area contributed by atoms with E-state index in [-0.39, 0.29) is 36.0 Å². The van der Waals surface area contributed by atoms with Gasteiger partial charge >= 0.3 is 5.97 Å². The number of allylic oxidation sites excluding steroid dienone is 2. The minimum atomic E-state index is -0.532. The van der Waals surface area contributed by atoms with E-state index >= 15 is 0 Å². The number of fused-ring (bicyclic) bond motifs is 2. The molecule has 0 radical (unpaired) electrons. The zero-order valence-corrected chi connectivity index (χ0v) is 31.2. The van der Waals surface area contributed by atoms with Crippen LogP contribution in [0.25, 0.3) is 0 Å². The van der Waals surface area contributed by atoms with Gasteiger partial charge in [-0.1, -0.05) is 49.5 Å². The summed E-state index contributed by atoms with van der Waals surface area (Å²) in [5.74, 6) is 8.05. The van der Waals surface area contributed by atoms with Gasteiger partial charge in [0.1, 0.15) is 23.5 Å². The van der Waals surface area contributed by atoms with Crippen LogP contribution in [0.5, 0.6) is 17.2 Å². The fourth-order valence-corrected chi connectivity index (χ4v) is 8.17. The van der Waals surface area contributed by atoms with Crippen molar-refractivity contribution >= 4 is 11.8 Å². The van der Waals surface area contributed by atoms with E-state index < -0.39 is 23.5 Å². The van der Waals surface area contributed by atoms with Crippen molar-refractivity contribution in [3.8, 4) is 29.1 Å². The molecule has 1 spiro atoms. The van der Waals surface area contributed by atoms with Gasteiger partial charge in [0.25, 0.3) is 0 Å². The van der Waals surface area contributed by atoms with Gasteiger partial charge < -0.3 is 35.3 Å². The normalized spacial score (nSPS) is 23.6. The Hall–Kier alpha value is -5.10. The van der Waals surface area contributed by atoms with Crippen LogP contribution in [0.4, 0.5) is 0 Å². The fourth-order valence-electron chi connectivity index (χ4n) is 8.17. The van der Waals surface area contributed by atoms with Crippen LogP contribution in [0, 0.1) is 17.8 Å². The number of ketones is 1. The molecule has 53 heavy (non-hydrogen) atoms. The Kier molecular flexibility index (Phi) is 12.2. The lowest BCUT2D eigenvalue weighted by Crippen LogP contribution is -2.45. The number of H-pyrrole nitrogens is 1. The van der Waals surface area contributed by atoms with Crippen molar-refractivity contribution in [1.29, 1.82) is 0 Å². The summed E-state index contributed by atoms with van der Waals surface area (Å²) in [5.41, 5.74) is 4.97. The number of aromatic hydroxyl groups is 2. The summed E-state index contributed by atoms with van der Waals surface area (Å²) in [4.78, 5) is 29.5. The molecule has 6 rings (SSSR count). The number of phenols is 2. The monoisotopic (exact) mass is 719 g/mol. The van der Waals surface area contributed by atoms with Crippen LogP contribution in [0.1, 0.15) is 106 Å². The first kappa shape index (κ1) is 37.7. The van der Waals surface area contributed by atoms with E-state index in [1.165, 1.54) is 25.2 Å². The Morgan fingerprint density at radius 1 is 0.981 bits per heavy atom. The molecule has 1 aromatic heterocycles. The highest BCUT2D eigenvalue weighted by Gasteiger charge is 2.34. The molecule has 0 unspecified atom stereocenters. The van der Waals surface area contributed by atoms with Crippen LogP contribution >= 0.6 is 0 Å². The number of aromatic amines is 1. The molecule has 1 fully saturated rings. The van der Waals surface area contributed by atoms with Crippen LogP contribution in [-0.2, 0) is 27.2 Å². The van der Waals surface area contributed by atoms with Gasteiger partial charge in [0.2, 0.25) is 0 Å². The van der Waals surface area contributed by atoms with Crippen molar-refractivity contribution in [3.63, 3.8) is 0 Å². The number of aromatic nitrogens is 1. The number of carbonyl (C=O) groups excluding carboxylic acids is 2. The molecular weight excluding hydrogens is 666 g/mol. The Bertz CT molecular complexity index is 1890. The van der Waals surface area contributed by atoms with Crippen molar-refractivity contribution in [2.75, 3.05) is 13.7 Å². The van der Waals surface area contributed by atoms with Gasteiger partial charge in [0.05, 0.1) is 18.6 Å². The molecule has 3 heterocycles. The second-order valence-electron chi connectivity index (χ2n) is 14.9. The molecule has 2 bridgehead atoms. The van der Waals surface area contributed by atoms with Gasteiger partial charge in [-0.3, -0.25) is 9.59 Å². The number of dihydropyridines is 1. The lowest BCUT2D eigenvalue weighted by Gasteiger charge is -2.31. The first-order chi connectivity index (χ1) is 25.6. The Morgan fingerprint density at radius 3 is 2.51 bits per heavy atom. The Balaban J connectivity index is 1.42. The van der Waals surface area contributed by atoms with Crippen molar-refractivity contribution < 1.29 is 29.3 Å². The molecule has 1 aliphatic carbocycles. The number of Topliss-reactive ketones (excluding diaryl/α,β-unsaturated/α-hetero) is 1. The molecule has 4 atom stereocenters. The number of hydrogen-bond donors (Lipinski definition) is 5. The van der Waals surface area contributed by atoms with Crippen molar-refractivity contribution in [3.05, 3.63) is 101 Å². The second kappa shape index (κ2) is 17.2. The predicted molar refractivity (Wildman–Crippen MR) is 206 cm³/mol. The van der Waals surface area contributed by atoms with E-state index in [0.717, 1.165) is 73.9 Å². The molecule has 1 saturated carbocycles. The number of nitrogens with one attached hydrogen (secondary N) is 3. The summed E-state index contributed by atoms with van der Waals surface area (Å²) in [6.45, 7) is 4.23. The second-order valence-corrected chi connectivity index (χ2v) is 14.9. The highest BCUT2D eigenvalue weighted by atomic mass is 16.5. The first-order valence-corrected chi connectivity index (χ1v) is 19.1. The van der Waals surface area contributed by atoms with E-state index in [1.807, 2.05) is 12.1 Å². The van der Waals surface area contributed by atoms with Gasteiger partial charge in [-0.15, -0.1) is 0 Å². The molecule has 2 aromatic carbocycles. The third-order valence-electron chi connectivity index (χ3n) is 11.1. The average molecular weight is 720 g/mol. The molecule has 0 amide bonds. The number of methoxy groups -OCH3 is 1. The maximum Gasteiger partial charge on any atom is 0.302 e. The molecule has 0 saturated heterocycles. The van der Waals surface area contributed by atoms with Crippen LogP contribution < -0.4 is 15.4 Å². The van der Waals surface area contributed by atoms with Crippen molar-refractivity contribution in [2.24, 2.45) is 5.92 Å². The van der Waals surface area contributed by atoms with E-state index in [2.05, 4.69) is 65.0 Å². The molecular formula is C44H53N3O6. The highest BCUT2D eigenvalue weighted by Crippen LogP contribution is 2.37. The molecule has 280 valence electrons. The number of benzene rings is 2. The molecule has 2 aliphatic heterocycles. The SMILES string of the molecule is CC[C@H]1CC[C@@H](OC(C)=O)CC(=O)C[C@@H](c2ccc(O)c(OC)c2)C#CC2(CCCC2)NC2=CC(=CCN2)[C@@H](c2cccc(O)c2)Cc2c[nH]cc2C1. The number of carbonyl (C=O) groups is 2. The van der Waals surface area contributed by atoms with Crippen LogP contribution in [0.3, 0.4) is 0 Å². The van der Waals surface area contributed by atoms with Gasteiger partial charge in [-0.25, -0.2) is 0 Å². The predicted octanol–water partition coefficient (Wildman–Crippen LogP) is 7.46.